The standard InChI is InChI=1S/C46H28O/c1-2-13-30(14-3-1)41-28-42-35-25-24-33(27-43(35)47-46(42)40-21-11-6-16-34(40)41)45-38-19-9-7-17-36(38)44(37-18-8-10-20-39(37)45)32-23-22-29-12-4-5-15-31(29)26-32/h1-28H. The van der Waals surface area contributed by atoms with Gasteiger partial charge in [-0.15, -0.1) is 0 Å². The minimum atomic E-state index is 0.902. The highest BCUT2D eigenvalue weighted by Crippen LogP contribution is 2.46. The number of furan rings is 1. The third-order valence-corrected chi connectivity index (χ3v) is 9.82. The van der Waals surface area contributed by atoms with Gasteiger partial charge in [-0.05, 0) is 95.3 Å². The van der Waals surface area contributed by atoms with Crippen LogP contribution in [0.4, 0.5) is 0 Å². The van der Waals surface area contributed by atoms with Gasteiger partial charge in [0.1, 0.15) is 11.2 Å². The maximum Gasteiger partial charge on any atom is 0.143 e. The van der Waals surface area contributed by atoms with Gasteiger partial charge in [-0.25, -0.2) is 0 Å². The molecule has 10 aromatic rings. The van der Waals surface area contributed by atoms with Crippen molar-refractivity contribution in [2.24, 2.45) is 0 Å². The number of rotatable bonds is 3. The third kappa shape index (κ3) is 3.97. The fraction of sp³-hybridized carbons (Fsp3) is 0. The van der Waals surface area contributed by atoms with Gasteiger partial charge in [0.05, 0.1) is 0 Å². The molecule has 1 nitrogen and oxygen atoms in total. The van der Waals surface area contributed by atoms with Gasteiger partial charge in [0.25, 0.3) is 0 Å². The summed E-state index contributed by atoms with van der Waals surface area (Å²) < 4.78 is 6.78. The topological polar surface area (TPSA) is 13.1 Å². The Bertz CT molecular complexity index is 2780. The Morgan fingerprint density at radius 1 is 0.298 bits per heavy atom. The van der Waals surface area contributed by atoms with Gasteiger partial charge in [0.2, 0.25) is 0 Å². The monoisotopic (exact) mass is 596 g/mol. The van der Waals surface area contributed by atoms with E-state index in [2.05, 4.69) is 170 Å². The number of benzene rings is 9. The zero-order valence-electron chi connectivity index (χ0n) is 25.6. The maximum absolute atomic E-state index is 6.78. The van der Waals surface area contributed by atoms with Crippen LogP contribution in [0.3, 0.4) is 0 Å². The van der Waals surface area contributed by atoms with E-state index in [4.69, 9.17) is 4.42 Å². The van der Waals surface area contributed by atoms with Crippen molar-refractivity contribution in [3.63, 3.8) is 0 Å². The zero-order chi connectivity index (χ0) is 30.9. The minimum absolute atomic E-state index is 0.902. The Morgan fingerprint density at radius 3 is 1.51 bits per heavy atom. The van der Waals surface area contributed by atoms with Crippen LogP contribution in [-0.4, -0.2) is 0 Å². The molecule has 0 unspecified atom stereocenters. The Kier molecular flexibility index (Phi) is 5.64. The lowest BCUT2D eigenvalue weighted by atomic mass is 9.85. The van der Waals surface area contributed by atoms with Gasteiger partial charge in [0, 0.05) is 16.2 Å². The molecule has 0 atom stereocenters. The lowest BCUT2D eigenvalue weighted by Crippen LogP contribution is -1.91. The molecule has 9 aromatic carbocycles. The van der Waals surface area contributed by atoms with Gasteiger partial charge in [-0.3, -0.25) is 0 Å². The number of hydrogen-bond donors (Lipinski definition) is 0. The minimum Gasteiger partial charge on any atom is -0.455 e. The van der Waals surface area contributed by atoms with Gasteiger partial charge >= 0.3 is 0 Å². The van der Waals surface area contributed by atoms with Crippen molar-refractivity contribution in [3.05, 3.63) is 170 Å². The summed E-state index contributed by atoms with van der Waals surface area (Å²) in [4.78, 5) is 0. The fourth-order valence-electron chi connectivity index (χ4n) is 7.71. The van der Waals surface area contributed by atoms with E-state index >= 15 is 0 Å². The first kappa shape index (κ1) is 26.1. The van der Waals surface area contributed by atoms with Crippen molar-refractivity contribution >= 4 is 65.0 Å². The molecule has 1 heterocycles. The van der Waals surface area contributed by atoms with E-state index in [0.717, 1.165) is 32.9 Å². The summed E-state index contributed by atoms with van der Waals surface area (Å²) in [5, 5.41) is 12.1. The summed E-state index contributed by atoms with van der Waals surface area (Å²) in [6.45, 7) is 0. The molecule has 47 heavy (non-hydrogen) atoms. The molecule has 0 radical (unpaired) electrons. The Balaban J connectivity index is 1.24. The molecule has 0 spiro atoms. The second-order valence-corrected chi connectivity index (χ2v) is 12.4. The third-order valence-electron chi connectivity index (χ3n) is 9.82. The lowest BCUT2D eigenvalue weighted by molar-refractivity contribution is 0.673. The molecule has 0 bridgehead atoms. The molecule has 0 fully saturated rings. The quantitative estimate of drug-likeness (QED) is 0.185. The molecule has 0 saturated carbocycles. The first-order valence-corrected chi connectivity index (χ1v) is 16.2. The number of hydrogen-bond acceptors (Lipinski definition) is 1. The normalized spacial score (nSPS) is 11.8. The van der Waals surface area contributed by atoms with Crippen molar-refractivity contribution in [1.29, 1.82) is 0 Å². The molecule has 10 rings (SSSR count). The van der Waals surface area contributed by atoms with Gasteiger partial charge in [-0.2, -0.15) is 0 Å². The van der Waals surface area contributed by atoms with Crippen LogP contribution >= 0.6 is 0 Å². The molecule has 0 N–H and O–H groups in total. The molecule has 218 valence electrons. The van der Waals surface area contributed by atoms with E-state index in [1.54, 1.807) is 0 Å². The van der Waals surface area contributed by atoms with Gasteiger partial charge in [-0.1, -0.05) is 146 Å². The van der Waals surface area contributed by atoms with Crippen molar-refractivity contribution < 1.29 is 4.42 Å². The average molecular weight is 597 g/mol. The van der Waals surface area contributed by atoms with Crippen LogP contribution in [-0.2, 0) is 0 Å². The SMILES string of the molecule is c1ccc(-c2cc3c4ccc(-c5c6ccccc6c(-c6ccc7ccccc7c6)c6ccccc56)cc4oc3c3ccccc23)cc1. The van der Waals surface area contributed by atoms with Crippen LogP contribution in [0.25, 0.3) is 98.4 Å². The first-order valence-electron chi connectivity index (χ1n) is 16.2. The summed E-state index contributed by atoms with van der Waals surface area (Å²) in [6, 6.07) is 61.5. The molecule has 0 aliphatic carbocycles. The second kappa shape index (κ2) is 10.2. The largest absolute Gasteiger partial charge is 0.455 e. The van der Waals surface area contributed by atoms with E-state index in [-0.39, 0.29) is 0 Å². The second-order valence-electron chi connectivity index (χ2n) is 12.4. The van der Waals surface area contributed by atoms with Crippen molar-refractivity contribution in [2.45, 2.75) is 0 Å². The Morgan fingerprint density at radius 2 is 0.830 bits per heavy atom. The smallest absolute Gasteiger partial charge is 0.143 e. The summed E-state index contributed by atoms with van der Waals surface area (Å²) in [5.41, 5.74) is 9.17. The summed E-state index contributed by atoms with van der Waals surface area (Å²) >= 11 is 0. The van der Waals surface area contributed by atoms with Crippen LogP contribution in [0.2, 0.25) is 0 Å². The predicted octanol–water partition coefficient (Wildman–Crippen LogP) is 13.2. The Hall–Kier alpha value is -6.18. The molecule has 1 aromatic heterocycles. The molecule has 0 aliphatic rings. The average Bonchev–Trinajstić information content (AvgIpc) is 3.51. The molecular weight excluding hydrogens is 569 g/mol. The van der Waals surface area contributed by atoms with Crippen molar-refractivity contribution in [1.82, 2.24) is 0 Å². The van der Waals surface area contributed by atoms with E-state index in [1.807, 2.05) is 0 Å². The number of fused-ring (bicyclic) bond motifs is 8. The lowest BCUT2D eigenvalue weighted by Gasteiger charge is -2.18. The van der Waals surface area contributed by atoms with E-state index in [9.17, 15) is 0 Å². The highest BCUT2D eigenvalue weighted by atomic mass is 16.3. The molecule has 0 amide bonds. The zero-order valence-corrected chi connectivity index (χ0v) is 25.6. The van der Waals surface area contributed by atoms with Crippen molar-refractivity contribution in [3.8, 4) is 33.4 Å². The molecule has 1 heteroatoms. The predicted molar refractivity (Wildman–Crippen MR) is 200 cm³/mol. The summed E-state index contributed by atoms with van der Waals surface area (Å²) in [6.07, 6.45) is 0. The van der Waals surface area contributed by atoms with E-state index < -0.39 is 0 Å². The molecule has 0 aliphatic heterocycles. The summed E-state index contributed by atoms with van der Waals surface area (Å²) in [5.74, 6) is 0. The molecule has 0 saturated heterocycles. The van der Waals surface area contributed by atoms with Gasteiger partial charge < -0.3 is 4.42 Å². The maximum atomic E-state index is 6.78. The van der Waals surface area contributed by atoms with Crippen LogP contribution in [0.1, 0.15) is 0 Å². The van der Waals surface area contributed by atoms with Crippen LogP contribution in [0, 0.1) is 0 Å². The van der Waals surface area contributed by atoms with Crippen LogP contribution in [0.5, 0.6) is 0 Å². The Labute approximate surface area is 271 Å². The highest BCUT2D eigenvalue weighted by Gasteiger charge is 2.19. The highest BCUT2D eigenvalue weighted by molar-refractivity contribution is 6.23. The molecular formula is C46H28O. The van der Waals surface area contributed by atoms with E-state index in [0.29, 0.717) is 0 Å². The van der Waals surface area contributed by atoms with E-state index in [1.165, 1.54) is 65.5 Å². The first-order chi connectivity index (χ1) is 23.3. The van der Waals surface area contributed by atoms with Crippen molar-refractivity contribution in [2.75, 3.05) is 0 Å². The summed E-state index contributed by atoms with van der Waals surface area (Å²) in [7, 11) is 0. The van der Waals surface area contributed by atoms with Crippen LogP contribution < -0.4 is 0 Å². The fourth-order valence-corrected chi connectivity index (χ4v) is 7.71. The van der Waals surface area contributed by atoms with Gasteiger partial charge in [0.15, 0.2) is 0 Å². The van der Waals surface area contributed by atoms with Crippen LogP contribution in [0.15, 0.2) is 174 Å².